The summed E-state index contributed by atoms with van der Waals surface area (Å²) < 4.78 is 0.804. The lowest BCUT2D eigenvalue weighted by Gasteiger charge is -2.23. The molecule has 7 nitrogen and oxygen atoms in total. The molecule has 1 unspecified atom stereocenters. The van der Waals surface area contributed by atoms with E-state index in [2.05, 4.69) is 31.5 Å². The van der Waals surface area contributed by atoms with Gasteiger partial charge in [-0.05, 0) is 61.7 Å². The highest BCUT2D eigenvalue weighted by molar-refractivity contribution is 9.10. The van der Waals surface area contributed by atoms with Crippen LogP contribution < -0.4 is 15.5 Å². The van der Waals surface area contributed by atoms with Crippen LogP contribution in [-0.2, 0) is 15.1 Å². The molecule has 1 atom stereocenters. The van der Waals surface area contributed by atoms with Crippen LogP contribution in [0.3, 0.4) is 0 Å². The number of anilines is 2. The predicted molar refractivity (Wildman–Crippen MR) is 127 cm³/mol. The topological polar surface area (TPSA) is 81.8 Å². The second kappa shape index (κ2) is 9.32. The van der Waals surface area contributed by atoms with Crippen molar-refractivity contribution >= 4 is 45.2 Å². The first-order chi connectivity index (χ1) is 15.4. The summed E-state index contributed by atoms with van der Waals surface area (Å²) in [6.07, 6.45) is 4.94. The molecule has 168 valence electrons. The molecule has 8 heteroatoms. The summed E-state index contributed by atoms with van der Waals surface area (Å²) in [6.45, 7) is 3.40. The van der Waals surface area contributed by atoms with Crippen molar-refractivity contribution in [2.45, 2.75) is 38.1 Å². The van der Waals surface area contributed by atoms with E-state index < -0.39 is 23.4 Å². The van der Waals surface area contributed by atoms with Crippen molar-refractivity contribution in [2.75, 3.05) is 29.9 Å². The summed E-state index contributed by atoms with van der Waals surface area (Å²) in [5.41, 5.74) is 1.21. The Kier molecular flexibility index (Phi) is 6.50. The van der Waals surface area contributed by atoms with Crippen LogP contribution in [0.4, 0.5) is 16.2 Å². The first-order valence-electron chi connectivity index (χ1n) is 10.9. The van der Waals surface area contributed by atoms with E-state index in [4.69, 9.17) is 0 Å². The average molecular weight is 499 g/mol. The Morgan fingerprint density at radius 3 is 2.41 bits per heavy atom. The van der Waals surface area contributed by atoms with Crippen molar-refractivity contribution in [2.24, 2.45) is 0 Å². The summed E-state index contributed by atoms with van der Waals surface area (Å²) in [7, 11) is 0. The molecule has 0 spiro atoms. The number of nitrogens with zero attached hydrogens (tertiary/aromatic N) is 2. The number of hydrogen-bond acceptors (Lipinski definition) is 4. The fraction of sp³-hybridized carbons (Fsp3) is 0.375. The summed E-state index contributed by atoms with van der Waals surface area (Å²) in [5.74, 6) is -0.873. The Labute approximate surface area is 196 Å². The zero-order valence-corrected chi connectivity index (χ0v) is 19.7. The van der Waals surface area contributed by atoms with Crippen molar-refractivity contribution in [3.8, 4) is 0 Å². The first kappa shape index (κ1) is 22.3. The molecule has 2 heterocycles. The van der Waals surface area contributed by atoms with Gasteiger partial charge in [-0.25, -0.2) is 4.79 Å². The summed E-state index contributed by atoms with van der Waals surface area (Å²) >= 11 is 3.39. The lowest BCUT2D eigenvalue weighted by atomic mass is 9.92. The number of amides is 4. The third kappa shape index (κ3) is 4.65. The average Bonchev–Trinajstić information content (AvgIpc) is 2.97. The molecule has 32 heavy (non-hydrogen) atoms. The van der Waals surface area contributed by atoms with Crippen molar-refractivity contribution in [3.05, 3.63) is 58.6 Å². The largest absolute Gasteiger partial charge is 0.372 e. The maximum absolute atomic E-state index is 13.0. The zero-order chi connectivity index (χ0) is 22.7. The van der Waals surface area contributed by atoms with Crippen LogP contribution in [0, 0.1) is 0 Å². The van der Waals surface area contributed by atoms with Gasteiger partial charge in [0, 0.05) is 28.9 Å². The second-order valence-electron chi connectivity index (χ2n) is 8.45. The Morgan fingerprint density at radius 2 is 1.75 bits per heavy atom. The van der Waals surface area contributed by atoms with E-state index in [1.165, 1.54) is 25.7 Å². The van der Waals surface area contributed by atoms with Gasteiger partial charge in [0.25, 0.3) is 5.91 Å². The number of urea groups is 1. The smallest absolute Gasteiger partial charge is 0.325 e. The lowest BCUT2D eigenvalue weighted by molar-refractivity contribution is -0.133. The van der Waals surface area contributed by atoms with Crippen LogP contribution >= 0.6 is 15.9 Å². The highest BCUT2D eigenvalue weighted by Gasteiger charge is 2.49. The van der Waals surface area contributed by atoms with Gasteiger partial charge >= 0.3 is 6.03 Å². The molecule has 0 bridgehead atoms. The van der Waals surface area contributed by atoms with E-state index in [1.807, 2.05) is 30.3 Å². The van der Waals surface area contributed by atoms with Gasteiger partial charge in [-0.3, -0.25) is 14.5 Å². The monoisotopic (exact) mass is 498 g/mol. The molecular weight excluding hydrogens is 472 g/mol. The van der Waals surface area contributed by atoms with Gasteiger partial charge in [0.1, 0.15) is 12.1 Å². The fourth-order valence-electron chi connectivity index (χ4n) is 4.26. The van der Waals surface area contributed by atoms with E-state index in [9.17, 15) is 14.4 Å². The maximum atomic E-state index is 13.0. The molecule has 2 aromatic carbocycles. The maximum Gasteiger partial charge on any atom is 0.325 e. The van der Waals surface area contributed by atoms with Crippen molar-refractivity contribution in [1.82, 2.24) is 10.2 Å². The molecule has 4 amide bonds. The van der Waals surface area contributed by atoms with Crippen LogP contribution in [0.5, 0.6) is 0 Å². The van der Waals surface area contributed by atoms with Crippen molar-refractivity contribution in [1.29, 1.82) is 0 Å². The Morgan fingerprint density at radius 1 is 1.06 bits per heavy atom. The number of rotatable bonds is 5. The van der Waals surface area contributed by atoms with Crippen LogP contribution in [-0.4, -0.2) is 42.4 Å². The molecule has 2 fully saturated rings. The second-order valence-corrected chi connectivity index (χ2v) is 9.37. The van der Waals surface area contributed by atoms with E-state index >= 15 is 0 Å². The van der Waals surface area contributed by atoms with Gasteiger partial charge in [-0.15, -0.1) is 0 Å². The molecule has 0 radical (unpaired) electrons. The molecule has 2 N–H and O–H groups in total. The number of benzene rings is 2. The van der Waals surface area contributed by atoms with E-state index in [0.29, 0.717) is 11.3 Å². The molecular formula is C24H27BrN4O3. The van der Waals surface area contributed by atoms with Crippen LogP contribution in [0.25, 0.3) is 0 Å². The highest BCUT2D eigenvalue weighted by atomic mass is 79.9. The third-order valence-electron chi connectivity index (χ3n) is 6.10. The van der Waals surface area contributed by atoms with E-state index in [1.54, 1.807) is 25.1 Å². The lowest BCUT2D eigenvalue weighted by Crippen LogP contribution is -2.42. The highest BCUT2D eigenvalue weighted by Crippen LogP contribution is 2.30. The van der Waals surface area contributed by atoms with Gasteiger partial charge < -0.3 is 15.5 Å². The Hall–Kier alpha value is -2.87. The molecule has 2 saturated heterocycles. The minimum atomic E-state index is -1.21. The quantitative estimate of drug-likeness (QED) is 0.604. The summed E-state index contributed by atoms with van der Waals surface area (Å²) in [6, 6.07) is 14.3. The summed E-state index contributed by atoms with van der Waals surface area (Å²) in [4.78, 5) is 41.4. The Balaban J connectivity index is 1.39. The summed E-state index contributed by atoms with van der Waals surface area (Å²) in [5, 5.41) is 5.51. The first-order valence-corrected chi connectivity index (χ1v) is 11.7. The van der Waals surface area contributed by atoms with Gasteiger partial charge in [0.05, 0.1) is 0 Å². The zero-order valence-electron chi connectivity index (χ0n) is 18.1. The SMILES string of the molecule is CC1(c2cccc(Br)c2)NC(=O)N(CC(=O)Nc2ccc(N3CCCCCC3)cc2)C1=O. The van der Waals surface area contributed by atoms with E-state index in [0.717, 1.165) is 28.1 Å². The molecule has 0 aliphatic carbocycles. The fourth-order valence-corrected chi connectivity index (χ4v) is 4.66. The molecule has 4 rings (SSSR count). The number of halogens is 1. The molecule has 2 aromatic rings. The third-order valence-corrected chi connectivity index (χ3v) is 6.59. The van der Waals surface area contributed by atoms with Crippen LogP contribution in [0.2, 0.25) is 0 Å². The van der Waals surface area contributed by atoms with Crippen LogP contribution in [0.15, 0.2) is 53.0 Å². The van der Waals surface area contributed by atoms with Crippen molar-refractivity contribution in [3.63, 3.8) is 0 Å². The van der Waals surface area contributed by atoms with Gasteiger partial charge in [0.2, 0.25) is 5.91 Å². The van der Waals surface area contributed by atoms with Crippen LogP contribution in [0.1, 0.15) is 38.2 Å². The number of nitrogens with one attached hydrogen (secondary N) is 2. The predicted octanol–water partition coefficient (Wildman–Crippen LogP) is 4.24. The molecule has 2 aliphatic rings. The van der Waals surface area contributed by atoms with Gasteiger partial charge in [-0.1, -0.05) is 40.9 Å². The number of carbonyl (C=O) groups excluding carboxylic acids is 3. The normalized spacial score (nSPS) is 21.3. The molecule has 0 saturated carbocycles. The number of hydrogen-bond donors (Lipinski definition) is 2. The molecule has 2 aliphatic heterocycles. The molecule has 0 aromatic heterocycles. The van der Waals surface area contributed by atoms with Crippen molar-refractivity contribution < 1.29 is 14.4 Å². The van der Waals surface area contributed by atoms with Gasteiger partial charge in [0.15, 0.2) is 0 Å². The Bertz CT molecular complexity index is 1020. The van der Waals surface area contributed by atoms with Gasteiger partial charge in [-0.2, -0.15) is 0 Å². The number of carbonyl (C=O) groups is 3. The minimum Gasteiger partial charge on any atom is -0.372 e. The van der Waals surface area contributed by atoms with E-state index in [-0.39, 0.29) is 6.54 Å². The standard InChI is InChI=1S/C24H27BrN4O3/c1-24(17-7-6-8-18(25)15-17)22(31)29(23(32)27-24)16-21(30)26-19-9-11-20(12-10-19)28-13-4-2-3-5-14-28/h6-12,15H,2-5,13-14,16H2,1H3,(H,26,30)(H,27,32). The number of imide groups is 1. The minimum absolute atomic E-state index is 0.345.